The molecule has 1 aromatic rings. The van der Waals surface area contributed by atoms with Gasteiger partial charge in [-0.05, 0) is 43.7 Å². The number of rotatable bonds is 4. The molecule has 0 aromatic heterocycles. The maximum Gasteiger partial charge on any atom is 0.229 e. The van der Waals surface area contributed by atoms with Crippen LogP contribution in [0, 0.1) is 5.92 Å². The van der Waals surface area contributed by atoms with Gasteiger partial charge >= 0.3 is 0 Å². The van der Waals surface area contributed by atoms with Gasteiger partial charge in [-0.25, -0.2) is 0 Å². The van der Waals surface area contributed by atoms with Gasteiger partial charge in [0.05, 0.1) is 5.92 Å². The third-order valence-electron chi connectivity index (χ3n) is 4.10. The molecule has 20 heavy (non-hydrogen) atoms. The molecule has 0 heterocycles. The lowest BCUT2D eigenvalue weighted by Gasteiger charge is -2.37. The third-order valence-corrected chi connectivity index (χ3v) is 4.73. The normalized spacial score (nSPS) is 26.2. The number of hydrogen-bond donors (Lipinski definition) is 2. The van der Waals surface area contributed by atoms with E-state index in [4.69, 9.17) is 5.73 Å². The zero-order chi connectivity index (χ0) is 14.6. The molecule has 2 atom stereocenters. The first-order valence-electron chi connectivity index (χ1n) is 7.20. The van der Waals surface area contributed by atoms with Gasteiger partial charge in [-0.3, -0.25) is 4.79 Å². The van der Waals surface area contributed by atoms with Gasteiger partial charge < -0.3 is 11.1 Å². The molecule has 1 saturated carbocycles. The second-order valence-corrected chi connectivity index (χ2v) is 6.79. The molecular weight excluding hydrogens is 268 g/mol. The molecule has 2 unspecified atom stereocenters. The highest BCUT2D eigenvalue weighted by Crippen LogP contribution is 2.32. The number of thioether (sulfide) groups is 1. The fourth-order valence-electron chi connectivity index (χ4n) is 2.87. The van der Waals surface area contributed by atoms with Crippen LogP contribution >= 0.6 is 11.8 Å². The van der Waals surface area contributed by atoms with Crippen molar-refractivity contribution in [2.24, 2.45) is 11.7 Å². The summed E-state index contributed by atoms with van der Waals surface area (Å²) in [6.07, 6.45) is 6.12. The van der Waals surface area contributed by atoms with Crippen molar-refractivity contribution in [1.82, 2.24) is 0 Å². The van der Waals surface area contributed by atoms with Gasteiger partial charge in [0.15, 0.2) is 0 Å². The van der Waals surface area contributed by atoms with Crippen molar-refractivity contribution in [2.75, 3.05) is 11.6 Å². The highest BCUT2D eigenvalue weighted by atomic mass is 32.2. The molecule has 1 aliphatic rings. The van der Waals surface area contributed by atoms with Crippen molar-refractivity contribution in [1.29, 1.82) is 0 Å². The summed E-state index contributed by atoms with van der Waals surface area (Å²) in [6.45, 7) is 2.00. The molecule has 1 fully saturated rings. The number of nitrogens with two attached hydrogens (primary N) is 1. The molecule has 0 saturated heterocycles. The van der Waals surface area contributed by atoms with Gasteiger partial charge in [-0.1, -0.05) is 25.0 Å². The Hall–Kier alpha value is -1.00. The van der Waals surface area contributed by atoms with Crippen LogP contribution in [0.1, 0.15) is 38.2 Å². The summed E-state index contributed by atoms with van der Waals surface area (Å²) in [4.78, 5) is 12.4. The van der Waals surface area contributed by atoms with Crippen LogP contribution in [0.15, 0.2) is 24.3 Å². The van der Waals surface area contributed by atoms with Crippen molar-refractivity contribution >= 4 is 23.4 Å². The molecule has 1 aromatic carbocycles. The first-order valence-corrected chi connectivity index (χ1v) is 8.60. The second-order valence-electron chi connectivity index (χ2n) is 5.92. The number of hydrogen-bond acceptors (Lipinski definition) is 3. The summed E-state index contributed by atoms with van der Waals surface area (Å²) in [5.41, 5.74) is 8.04. The van der Waals surface area contributed by atoms with E-state index in [-0.39, 0.29) is 17.4 Å². The average molecular weight is 292 g/mol. The highest BCUT2D eigenvalue weighted by molar-refractivity contribution is 7.97. The van der Waals surface area contributed by atoms with Crippen LogP contribution in [0.5, 0.6) is 0 Å². The lowest BCUT2D eigenvalue weighted by atomic mass is 9.74. The Morgan fingerprint density at radius 2 is 2.10 bits per heavy atom. The highest BCUT2D eigenvalue weighted by Gasteiger charge is 2.37. The predicted molar refractivity (Wildman–Crippen MR) is 86.8 cm³/mol. The Kier molecular flexibility index (Phi) is 5.11. The Morgan fingerprint density at radius 3 is 2.70 bits per heavy atom. The Balaban J connectivity index is 2.00. The van der Waals surface area contributed by atoms with Crippen LogP contribution in [0.4, 0.5) is 5.69 Å². The lowest BCUT2D eigenvalue weighted by Crippen LogP contribution is -2.51. The minimum absolute atomic E-state index is 0.0623. The van der Waals surface area contributed by atoms with Crippen molar-refractivity contribution in [3.63, 3.8) is 0 Å². The molecule has 1 amide bonds. The monoisotopic (exact) mass is 292 g/mol. The van der Waals surface area contributed by atoms with Crippen molar-refractivity contribution in [3.05, 3.63) is 29.8 Å². The molecule has 0 spiro atoms. The quantitative estimate of drug-likeness (QED) is 0.894. The number of carbonyl (C=O) groups is 1. The number of nitrogens with one attached hydrogen (secondary N) is 1. The van der Waals surface area contributed by atoms with Crippen LogP contribution in [-0.2, 0) is 10.5 Å². The maximum absolute atomic E-state index is 12.4. The molecule has 1 aliphatic carbocycles. The molecule has 4 heteroatoms. The molecule has 3 nitrogen and oxygen atoms in total. The number of benzene rings is 1. The van der Waals surface area contributed by atoms with Crippen molar-refractivity contribution in [3.8, 4) is 0 Å². The summed E-state index contributed by atoms with van der Waals surface area (Å²) >= 11 is 1.79. The number of amides is 1. The van der Waals surface area contributed by atoms with Crippen molar-refractivity contribution < 1.29 is 4.79 Å². The smallest absolute Gasteiger partial charge is 0.229 e. The van der Waals surface area contributed by atoms with Crippen molar-refractivity contribution in [2.45, 2.75) is 43.9 Å². The average Bonchev–Trinajstić information content (AvgIpc) is 2.40. The standard InChI is InChI=1S/C16H24N2OS/c1-16(17)10-4-3-5-14(16)15(19)18-13-8-6-12(7-9-13)11-20-2/h6-9,14H,3-5,10-11,17H2,1-2H3,(H,18,19). The van der Waals surface area contributed by atoms with E-state index in [9.17, 15) is 4.79 Å². The van der Waals surface area contributed by atoms with Gasteiger partial charge in [0.1, 0.15) is 0 Å². The molecule has 2 rings (SSSR count). The largest absolute Gasteiger partial charge is 0.326 e. The van der Waals surface area contributed by atoms with E-state index in [1.165, 1.54) is 5.56 Å². The molecule has 0 bridgehead atoms. The minimum Gasteiger partial charge on any atom is -0.326 e. The second kappa shape index (κ2) is 6.64. The van der Waals surface area contributed by atoms with E-state index in [0.29, 0.717) is 0 Å². The summed E-state index contributed by atoms with van der Waals surface area (Å²) in [6, 6.07) is 8.07. The lowest BCUT2D eigenvalue weighted by molar-refractivity contribution is -0.122. The molecule has 0 aliphatic heterocycles. The van der Waals surface area contributed by atoms with Gasteiger partial charge in [-0.2, -0.15) is 11.8 Å². The van der Waals surface area contributed by atoms with Gasteiger partial charge in [0.25, 0.3) is 0 Å². The minimum atomic E-state index is -0.374. The van der Waals surface area contributed by atoms with Crippen LogP contribution in [0.3, 0.4) is 0 Å². The van der Waals surface area contributed by atoms with E-state index >= 15 is 0 Å². The summed E-state index contributed by atoms with van der Waals surface area (Å²) in [7, 11) is 0. The van der Waals surface area contributed by atoms with Crippen LogP contribution in [-0.4, -0.2) is 17.7 Å². The molecule has 3 N–H and O–H groups in total. The number of carbonyl (C=O) groups excluding carboxylic acids is 1. The zero-order valence-electron chi connectivity index (χ0n) is 12.3. The van der Waals surface area contributed by atoms with Crippen LogP contribution < -0.4 is 11.1 Å². The summed E-state index contributed by atoms with van der Waals surface area (Å²) in [5, 5.41) is 3.01. The summed E-state index contributed by atoms with van der Waals surface area (Å²) in [5.74, 6) is 0.979. The SMILES string of the molecule is CSCc1ccc(NC(=O)C2CCCCC2(C)N)cc1. The fraction of sp³-hybridized carbons (Fsp3) is 0.562. The topological polar surface area (TPSA) is 55.1 Å². The zero-order valence-corrected chi connectivity index (χ0v) is 13.1. The first-order chi connectivity index (χ1) is 9.53. The van der Waals surface area contributed by atoms with E-state index in [0.717, 1.165) is 37.1 Å². The fourth-order valence-corrected chi connectivity index (χ4v) is 3.40. The Bertz CT molecular complexity index is 456. The maximum atomic E-state index is 12.4. The van der Waals surface area contributed by atoms with Gasteiger partial charge in [0.2, 0.25) is 5.91 Å². The Labute approximate surface area is 125 Å². The van der Waals surface area contributed by atoms with Gasteiger partial charge in [0, 0.05) is 17.0 Å². The van der Waals surface area contributed by atoms with E-state index in [1.807, 2.05) is 19.1 Å². The van der Waals surface area contributed by atoms with E-state index < -0.39 is 0 Å². The summed E-state index contributed by atoms with van der Waals surface area (Å²) < 4.78 is 0. The predicted octanol–water partition coefficient (Wildman–Crippen LogP) is 3.40. The molecular formula is C16H24N2OS. The molecule has 110 valence electrons. The van der Waals surface area contributed by atoms with Crippen LogP contribution in [0.25, 0.3) is 0 Å². The van der Waals surface area contributed by atoms with E-state index in [2.05, 4.69) is 23.7 Å². The van der Waals surface area contributed by atoms with Gasteiger partial charge in [-0.15, -0.1) is 0 Å². The first kappa shape index (κ1) is 15.4. The Morgan fingerprint density at radius 1 is 1.40 bits per heavy atom. The third kappa shape index (κ3) is 3.76. The van der Waals surface area contributed by atoms with Crippen LogP contribution in [0.2, 0.25) is 0 Å². The van der Waals surface area contributed by atoms with E-state index in [1.54, 1.807) is 11.8 Å². The molecule has 0 radical (unpaired) electrons. The number of anilines is 1.